The molecular weight excluding hydrogens is 907 g/mol. The average molecular weight is 969 g/mol. The molecule has 1 amide bonds. The van der Waals surface area contributed by atoms with Gasteiger partial charge in [-0.15, -0.1) is 0 Å². The van der Waals surface area contributed by atoms with Crippen molar-refractivity contribution in [1.29, 1.82) is 0 Å². The zero-order chi connectivity index (χ0) is 51.2. The number of aromatic nitrogens is 2. The van der Waals surface area contributed by atoms with Gasteiger partial charge in [-0.2, -0.15) is 8.42 Å². The van der Waals surface area contributed by atoms with Gasteiger partial charge in [-0.1, -0.05) is 74.8 Å². The summed E-state index contributed by atoms with van der Waals surface area (Å²) in [5.41, 5.74) is 10.9. The van der Waals surface area contributed by atoms with Crippen LogP contribution in [-0.2, 0) is 71.0 Å². The molecule has 7 rings (SSSR count). The lowest BCUT2D eigenvalue weighted by Gasteiger charge is -2.35. The minimum Gasteiger partial charge on any atom is -0.461 e. The van der Waals surface area contributed by atoms with E-state index in [1.165, 1.54) is 50.2 Å². The van der Waals surface area contributed by atoms with E-state index >= 15 is 0 Å². The first-order chi connectivity index (χ1) is 32.3. The van der Waals surface area contributed by atoms with Crippen LogP contribution in [0.1, 0.15) is 145 Å². The number of fused-ring (bicyclic) bond motifs is 2. The first-order valence-corrected chi connectivity index (χ1v) is 24.2. The number of esters is 2. The second kappa shape index (κ2) is 21.9. The largest absolute Gasteiger partial charge is 0.461 e. The number of ether oxygens (including phenoxy) is 2. The minimum absolute atomic E-state index is 0.0364. The first-order valence-electron chi connectivity index (χ1n) is 22.7. The summed E-state index contributed by atoms with van der Waals surface area (Å²) in [4.78, 5) is 45.3. The number of nitrogens with one attached hydrogen (secondary N) is 1. The van der Waals surface area contributed by atoms with Crippen LogP contribution in [0.4, 0.5) is 8.78 Å². The van der Waals surface area contributed by atoms with E-state index in [0.29, 0.717) is 31.4 Å². The number of carbonyl (C=O) groups excluding carboxylic acids is 3. The number of oxime groups is 1. The molecule has 69 heavy (non-hydrogen) atoms. The van der Waals surface area contributed by atoms with Gasteiger partial charge < -0.3 is 20.0 Å². The van der Waals surface area contributed by atoms with Crippen LogP contribution in [0.25, 0.3) is 22.3 Å². The lowest BCUT2D eigenvalue weighted by atomic mass is 9.71. The Morgan fingerprint density at radius 3 is 1.54 bits per heavy atom. The Bertz CT molecular complexity index is 2840. The Labute approximate surface area is 403 Å². The number of carbonyl (C=O) groups is 3. The molecule has 3 heterocycles. The number of benzene rings is 3. The molecule has 13 nitrogen and oxygen atoms in total. The summed E-state index contributed by atoms with van der Waals surface area (Å²) in [7, 11) is -4.02. The molecule has 0 fully saturated rings. The number of hydrogen-bond acceptors (Lipinski definition) is 11. The number of amides is 1. The van der Waals surface area contributed by atoms with Crippen LogP contribution < -0.4 is 5.32 Å². The molecule has 16 heteroatoms. The first kappa shape index (κ1) is 53.6. The maximum Gasteiger partial charge on any atom is 0.302 e. The topological polar surface area (TPSA) is 194 Å². The van der Waals surface area contributed by atoms with Crippen LogP contribution in [0.5, 0.6) is 0 Å². The van der Waals surface area contributed by atoms with Crippen molar-refractivity contribution in [2.24, 2.45) is 5.16 Å². The minimum atomic E-state index is -4.02. The summed E-state index contributed by atoms with van der Waals surface area (Å²) >= 11 is 0. The average Bonchev–Trinajstić information content (AvgIpc) is 3.38. The summed E-state index contributed by atoms with van der Waals surface area (Å²) < 4.78 is 67.5. The summed E-state index contributed by atoms with van der Waals surface area (Å²) in [6.45, 7) is 20.8. The highest BCUT2D eigenvalue weighted by Gasteiger charge is 2.39. The Balaban J connectivity index is 0.000000212. The number of halogens is 2. The van der Waals surface area contributed by atoms with Crippen molar-refractivity contribution in [2.45, 2.75) is 143 Å². The zero-order valence-electron chi connectivity index (χ0n) is 41.1. The predicted octanol–water partition coefficient (Wildman–Crippen LogP) is 10.7. The molecule has 0 unspecified atom stereocenters. The molecule has 2 aromatic heterocycles. The van der Waals surface area contributed by atoms with Crippen molar-refractivity contribution >= 4 is 33.7 Å². The molecule has 0 saturated heterocycles. The van der Waals surface area contributed by atoms with E-state index in [4.69, 9.17) is 24.0 Å². The molecule has 5 aromatic rings. The Hall–Kier alpha value is -6.39. The van der Waals surface area contributed by atoms with Crippen LogP contribution in [0, 0.1) is 18.6 Å². The van der Waals surface area contributed by atoms with Crippen LogP contribution >= 0.6 is 0 Å². The number of hydrogen-bond donors (Lipinski definition) is 3. The molecule has 0 atom stereocenters. The molecule has 0 radical (unpaired) electrons. The van der Waals surface area contributed by atoms with Crippen molar-refractivity contribution in [3.05, 3.63) is 135 Å². The smallest absolute Gasteiger partial charge is 0.302 e. The summed E-state index contributed by atoms with van der Waals surface area (Å²) in [6, 6.07) is 18.6. The van der Waals surface area contributed by atoms with Crippen molar-refractivity contribution in [3.63, 3.8) is 0 Å². The van der Waals surface area contributed by atoms with Crippen molar-refractivity contribution < 1.29 is 50.8 Å². The van der Waals surface area contributed by atoms with Gasteiger partial charge in [0.1, 0.15) is 24.8 Å². The van der Waals surface area contributed by atoms with E-state index in [1.54, 1.807) is 36.4 Å². The highest BCUT2D eigenvalue weighted by molar-refractivity contribution is 7.85. The van der Waals surface area contributed by atoms with Gasteiger partial charge in [0.2, 0.25) is 5.91 Å². The van der Waals surface area contributed by atoms with E-state index in [2.05, 4.69) is 10.5 Å². The Morgan fingerprint density at radius 1 is 0.710 bits per heavy atom. The van der Waals surface area contributed by atoms with Crippen LogP contribution in [-0.4, -0.2) is 51.7 Å². The molecule has 2 aliphatic rings. The van der Waals surface area contributed by atoms with Crippen molar-refractivity contribution in [3.8, 4) is 22.3 Å². The molecule has 1 aliphatic heterocycles. The molecule has 3 N–H and O–H groups in total. The highest BCUT2D eigenvalue weighted by atomic mass is 32.2. The fraction of sp³-hybridized carbons (Fsp3) is 0.396. The molecule has 0 saturated carbocycles. The maximum atomic E-state index is 13.6. The fourth-order valence-electron chi connectivity index (χ4n) is 8.70. The van der Waals surface area contributed by atoms with Gasteiger partial charge in [-0.25, -0.2) is 8.78 Å². The standard InChI is InChI=1S/2C23H27FN2O3.C7H8O3S/c1-13(2)21-18(12-29-14(3)27)20(15-6-8-16(24)9-7-15)17-10-11-19(28)26-23(4,5)22(17)25-21;1-13(2)21-18(12-29-14(3)27)20(15-6-8-16(24)9-7-15)17-10-11-19(26-28)23(4,5)22(17)25-21;1-6-2-4-7(5-3-6)11(8,9)10/h6-9,13H,10-12H2,1-5H3,(H,26,28);6-9,13,28H,10-12H2,1-5H3;2-5H,1H3,(H,8,9,10). The van der Waals surface area contributed by atoms with Gasteiger partial charge in [0, 0.05) is 36.8 Å². The van der Waals surface area contributed by atoms with Gasteiger partial charge in [-0.3, -0.25) is 28.9 Å². The molecule has 368 valence electrons. The monoisotopic (exact) mass is 968 g/mol. The fourth-order valence-corrected chi connectivity index (χ4v) is 9.18. The Kier molecular flexibility index (Phi) is 17.0. The number of nitrogens with zero attached hydrogens (tertiary/aromatic N) is 3. The normalized spacial score (nSPS) is 15.4. The summed E-state index contributed by atoms with van der Waals surface area (Å²) in [5, 5.41) is 16.1. The van der Waals surface area contributed by atoms with Crippen molar-refractivity contribution in [2.75, 3.05) is 0 Å². The SMILES string of the molecule is CC(=O)OCc1c(C(C)C)nc2c(c1-c1ccc(F)cc1)CCC(=NO)C2(C)C.CC(=O)OCc1c(C(C)C)nc2c(c1-c1ccc(F)cc1)CCC(=O)NC2(C)C.Cc1ccc(S(=O)(=O)O)cc1. The van der Waals surface area contributed by atoms with E-state index in [-0.39, 0.29) is 59.4 Å². The summed E-state index contributed by atoms with van der Waals surface area (Å²) in [5.74, 6) is -1.26. The Morgan fingerprint density at radius 2 is 1.13 bits per heavy atom. The lowest BCUT2D eigenvalue weighted by Crippen LogP contribution is -2.40. The van der Waals surface area contributed by atoms with E-state index < -0.39 is 21.1 Å². The van der Waals surface area contributed by atoms with Gasteiger partial charge in [0.15, 0.2) is 0 Å². The zero-order valence-corrected chi connectivity index (χ0v) is 41.9. The quantitative estimate of drug-likeness (QED) is 0.0550. The van der Waals surface area contributed by atoms with Gasteiger partial charge in [0.25, 0.3) is 10.1 Å². The molecular formula is C53H62F2N4O9S. The van der Waals surface area contributed by atoms with Crippen molar-refractivity contribution in [1.82, 2.24) is 15.3 Å². The van der Waals surface area contributed by atoms with Crippen LogP contribution in [0.15, 0.2) is 82.8 Å². The maximum absolute atomic E-state index is 13.6. The highest BCUT2D eigenvalue weighted by Crippen LogP contribution is 2.43. The number of pyridine rings is 2. The second-order valence-corrected chi connectivity index (χ2v) is 20.3. The van der Waals surface area contributed by atoms with Gasteiger partial charge in [-0.05, 0) is 135 Å². The third-order valence-corrected chi connectivity index (χ3v) is 12.9. The molecule has 0 spiro atoms. The van der Waals surface area contributed by atoms with E-state index in [1.807, 2.05) is 62.3 Å². The lowest BCUT2D eigenvalue weighted by molar-refractivity contribution is -0.143. The van der Waals surface area contributed by atoms with Crippen LogP contribution in [0.2, 0.25) is 0 Å². The van der Waals surface area contributed by atoms with Crippen LogP contribution in [0.3, 0.4) is 0 Å². The van der Waals surface area contributed by atoms with E-state index in [9.17, 15) is 36.8 Å². The number of rotatable bonds is 9. The molecule has 0 bridgehead atoms. The molecule has 1 aliphatic carbocycles. The molecule has 3 aromatic carbocycles. The number of aryl methyl sites for hydroxylation is 1. The van der Waals surface area contributed by atoms with Gasteiger partial charge in [0.05, 0.1) is 38.9 Å². The van der Waals surface area contributed by atoms with E-state index in [0.717, 1.165) is 72.8 Å². The van der Waals surface area contributed by atoms with Gasteiger partial charge >= 0.3 is 11.9 Å². The predicted molar refractivity (Wildman–Crippen MR) is 259 cm³/mol. The third-order valence-electron chi connectivity index (χ3n) is 12.1. The third kappa shape index (κ3) is 12.8. The summed E-state index contributed by atoms with van der Waals surface area (Å²) in [6.07, 6.45) is 2.08. The second-order valence-electron chi connectivity index (χ2n) is 18.9.